The van der Waals surface area contributed by atoms with Gasteiger partial charge in [-0.1, -0.05) is 61.9 Å². The van der Waals surface area contributed by atoms with E-state index < -0.39 is 11.9 Å². The first kappa shape index (κ1) is 18.6. The van der Waals surface area contributed by atoms with Gasteiger partial charge in [0, 0.05) is 18.4 Å². The van der Waals surface area contributed by atoms with Crippen LogP contribution in [0.1, 0.15) is 35.8 Å². The second kappa shape index (κ2) is 8.49. The minimum absolute atomic E-state index is 0.320. The molecule has 3 aromatic rings. The molecule has 0 radical (unpaired) electrons. The second-order valence-electron chi connectivity index (χ2n) is 6.56. The van der Waals surface area contributed by atoms with Crippen molar-refractivity contribution < 1.29 is 9.59 Å². The van der Waals surface area contributed by atoms with E-state index in [9.17, 15) is 9.59 Å². The highest BCUT2D eigenvalue weighted by molar-refractivity contribution is 6.06. The van der Waals surface area contributed by atoms with E-state index in [1.165, 1.54) is 0 Å². The second-order valence-corrected chi connectivity index (χ2v) is 6.56. The van der Waals surface area contributed by atoms with Gasteiger partial charge in [-0.15, -0.1) is 0 Å². The Morgan fingerprint density at radius 1 is 1.11 bits per heavy atom. The van der Waals surface area contributed by atoms with Crippen molar-refractivity contribution >= 4 is 22.7 Å². The predicted molar refractivity (Wildman–Crippen MR) is 105 cm³/mol. The van der Waals surface area contributed by atoms with Crippen molar-refractivity contribution in [2.75, 3.05) is 0 Å². The lowest BCUT2D eigenvalue weighted by atomic mass is 10.1. The molecular weight excluding hydrogens is 340 g/mol. The molecule has 1 heterocycles. The molecule has 6 nitrogen and oxygen atoms in total. The van der Waals surface area contributed by atoms with Crippen molar-refractivity contribution in [2.24, 2.45) is 5.73 Å². The Morgan fingerprint density at radius 2 is 1.81 bits per heavy atom. The lowest BCUT2D eigenvalue weighted by Crippen LogP contribution is -2.46. The summed E-state index contributed by atoms with van der Waals surface area (Å²) in [6.07, 6.45) is 2.36. The van der Waals surface area contributed by atoms with Crippen molar-refractivity contribution in [3.63, 3.8) is 0 Å². The van der Waals surface area contributed by atoms with Crippen LogP contribution in [-0.4, -0.2) is 27.6 Å². The Hall–Kier alpha value is -3.15. The van der Waals surface area contributed by atoms with Crippen molar-refractivity contribution in [1.29, 1.82) is 0 Å². The maximum atomic E-state index is 12.9. The van der Waals surface area contributed by atoms with Crippen molar-refractivity contribution in [3.8, 4) is 0 Å². The average molecular weight is 364 g/mol. The quantitative estimate of drug-likeness (QED) is 0.644. The normalized spacial score (nSPS) is 12.0. The summed E-state index contributed by atoms with van der Waals surface area (Å²) in [7, 11) is 0. The number of para-hydroxylation sites is 1. The molecule has 0 aliphatic heterocycles. The zero-order valence-corrected chi connectivity index (χ0v) is 15.4. The summed E-state index contributed by atoms with van der Waals surface area (Å²) in [5.41, 5.74) is 7.68. The molecular formula is C21H24N4O2. The summed E-state index contributed by atoms with van der Waals surface area (Å²) in [5, 5.41) is 8.02. The van der Waals surface area contributed by atoms with E-state index in [0.717, 1.165) is 35.9 Å². The number of nitrogens with two attached hydrogens (primary N) is 1. The van der Waals surface area contributed by atoms with Gasteiger partial charge in [-0.25, -0.2) is 0 Å². The molecule has 0 spiro atoms. The summed E-state index contributed by atoms with van der Waals surface area (Å²) in [4.78, 5) is 24.7. The molecule has 0 aliphatic carbocycles. The molecule has 2 amide bonds. The number of nitrogens with one attached hydrogen (secondary N) is 1. The third-order valence-corrected chi connectivity index (χ3v) is 4.53. The van der Waals surface area contributed by atoms with E-state index in [-0.39, 0.29) is 5.91 Å². The number of fused-ring (bicyclic) bond motifs is 1. The predicted octanol–water partition coefficient (Wildman–Crippen LogP) is 2.66. The van der Waals surface area contributed by atoms with Gasteiger partial charge >= 0.3 is 0 Å². The van der Waals surface area contributed by atoms with Gasteiger partial charge in [0.1, 0.15) is 6.04 Å². The smallest absolute Gasteiger partial charge is 0.273 e. The Kier molecular flexibility index (Phi) is 5.86. The minimum Gasteiger partial charge on any atom is -0.368 e. The van der Waals surface area contributed by atoms with Gasteiger partial charge in [0.15, 0.2) is 5.69 Å². The molecule has 0 saturated heterocycles. The highest BCUT2D eigenvalue weighted by Gasteiger charge is 2.23. The van der Waals surface area contributed by atoms with E-state index in [4.69, 9.17) is 5.73 Å². The van der Waals surface area contributed by atoms with E-state index in [1.54, 1.807) is 0 Å². The molecule has 3 N–H and O–H groups in total. The number of carbonyl (C=O) groups excluding carboxylic acids is 2. The molecule has 1 atom stereocenters. The summed E-state index contributed by atoms with van der Waals surface area (Å²) in [5.74, 6) is -0.955. The highest BCUT2D eigenvalue weighted by Crippen LogP contribution is 2.19. The molecule has 6 heteroatoms. The molecule has 1 unspecified atom stereocenters. The fraction of sp³-hybridized carbons (Fsp3) is 0.286. The van der Waals surface area contributed by atoms with Gasteiger partial charge < -0.3 is 11.1 Å². The van der Waals surface area contributed by atoms with Crippen molar-refractivity contribution in [2.45, 2.75) is 38.8 Å². The SMILES string of the molecule is CCCCn1nc(C(=O)NC(Cc2ccccc2)C(N)=O)c2ccccc21. The van der Waals surface area contributed by atoms with Gasteiger partial charge in [0.05, 0.1) is 5.52 Å². The Morgan fingerprint density at radius 3 is 2.52 bits per heavy atom. The van der Waals surface area contributed by atoms with Crippen LogP contribution in [-0.2, 0) is 17.8 Å². The van der Waals surface area contributed by atoms with Crippen LogP contribution in [0.15, 0.2) is 54.6 Å². The third kappa shape index (κ3) is 4.34. The van der Waals surface area contributed by atoms with Gasteiger partial charge in [0.2, 0.25) is 5.91 Å². The van der Waals surface area contributed by atoms with Crippen LogP contribution in [0, 0.1) is 0 Å². The summed E-state index contributed by atoms with van der Waals surface area (Å²) >= 11 is 0. The number of unbranched alkanes of at least 4 members (excludes halogenated alkanes) is 1. The molecule has 0 saturated carbocycles. The number of aromatic nitrogens is 2. The number of primary amides is 1. The fourth-order valence-corrected chi connectivity index (χ4v) is 3.07. The van der Waals surface area contributed by atoms with Gasteiger partial charge in [-0.2, -0.15) is 5.10 Å². The van der Waals surface area contributed by atoms with Gasteiger partial charge in [-0.3, -0.25) is 14.3 Å². The number of hydrogen-bond donors (Lipinski definition) is 2. The Balaban J connectivity index is 1.85. The van der Waals surface area contributed by atoms with Gasteiger partial charge in [-0.05, 0) is 18.1 Å². The molecule has 140 valence electrons. The summed E-state index contributed by atoms with van der Waals surface area (Å²) in [6.45, 7) is 2.86. The lowest BCUT2D eigenvalue weighted by molar-refractivity contribution is -0.119. The fourth-order valence-electron chi connectivity index (χ4n) is 3.07. The average Bonchev–Trinajstić information content (AvgIpc) is 3.05. The largest absolute Gasteiger partial charge is 0.368 e. The number of hydrogen-bond acceptors (Lipinski definition) is 3. The zero-order chi connectivity index (χ0) is 19.2. The van der Waals surface area contributed by atoms with Crippen LogP contribution in [0.3, 0.4) is 0 Å². The topological polar surface area (TPSA) is 90.0 Å². The highest BCUT2D eigenvalue weighted by atomic mass is 16.2. The molecule has 2 aromatic carbocycles. The number of amides is 2. The first-order valence-electron chi connectivity index (χ1n) is 9.19. The molecule has 27 heavy (non-hydrogen) atoms. The maximum Gasteiger partial charge on any atom is 0.273 e. The van der Waals surface area contributed by atoms with Crippen LogP contribution in [0.5, 0.6) is 0 Å². The van der Waals surface area contributed by atoms with E-state index in [1.807, 2.05) is 59.3 Å². The minimum atomic E-state index is -0.792. The van der Waals surface area contributed by atoms with E-state index in [0.29, 0.717) is 12.1 Å². The zero-order valence-electron chi connectivity index (χ0n) is 15.4. The summed E-state index contributed by atoms with van der Waals surface area (Å²) in [6, 6.07) is 16.3. The number of aryl methyl sites for hydroxylation is 1. The van der Waals surface area contributed by atoms with Gasteiger partial charge in [0.25, 0.3) is 5.91 Å². The van der Waals surface area contributed by atoms with Crippen LogP contribution < -0.4 is 11.1 Å². The van der Waals surface area contributed by atoms with E-state index in [2.05, 4.69) is 17.3 Å². The maximum absolute atomic E-state index is 12.9. The Bertz CT molecular complexity index is 934. The Labute approximate surface area is 158 Å². The van der Waals surface area contributed by atoms with Crippen molar-refractivity contribution in [1.82, 2.24) is 15.1 Å². The van der Waals surface area contributed by atoms with Crippen LogP contribution in [0.4, 0.5) is 0 Å². The van der Waals surface area contributed by atoms with Crippen LogP contribution >= 0.6 is 0 Å². The first-order chi connectivity index (χ1) is 13.1. The molecule has 3 rings (SSSR count). The number of carbonyl (C=O) groups is 2. The van der Waals surface area contributed by atoms with Crippen molar-refractivity contribution in [3.05, 3.63) is 65.9 Å². The summed E-state index contributed by atoms with van der Waals surface area (Å²) < 4.78 is 1.85. The first-order valence-corrected chi connectivity index (χ1v) is 9.19. The number of benzene rings is 2. The standard InChI is InChI=1S/C21H24N4O2/c1-2-3-13-25-18-12-8-7-11-16(18)19(24-25)21(27)23-17(20(22)26)14-15-9-5-4-6-10-15/h4-12,17H,2-3,13-14H2,1H3,(H2,22,26)(H,23,27). The van der Waals surface area contributed by atoms with E-state index >= 15 is 0 Å². The van der Waals surface area contributed by atoms with Crippen LogP contribution in [0.2, 0.25) is 0 Å². The molecule has 0 bridgehead atoms. The van der Waals surface area contributed by atoms with Crippen LogP contribution in [0.25, 0.3) is 10.9 Å². The molecule has 0 fully saturated rings. The molecule has 0 aliphatic rings. The monoisotopic (exact) mass is 364 g/mol. The third-order valence-electron chi connectivity index (χ3n) is 4.53. The molecule has 1 aromatic heterocycles. The number of nitrogens with zero attached hydrogens (tertiary/aromatic N) is 2. The lowest BCUT2D eigenvalue weighted by Gasteiger charge is -2.15. The number of rotatable bonds is 8.